The molecule has 0 amide bonds. The SMILES string of the molecule is CCCCCCCCCCCCCCCCCCCC([O-])=NCCCS(=O)(=O)O.[K+]. The van der Waals surface area contributed by atoms with Crippen LogP contribution in [0.15, 0.2) is 4.99 Å². The van der Waals surface area contributed by atoms with Gasteiger partial charge in [0.1, 0.15) is 0 Å². The van der Waals surface area contributed by atoms with Gasteiger partial charge in [-0.2, -0.15) is 8.42 Å². The number of hydrogen-bond donors (Lipinski definition) is 1. The first-order valence-corrected chi connectivity index (χ1v) is 13.7. The van der Waals surface area contributed by atoms with Gasteiger partial charge in [-0.1, -0.05) is 110 Å². The molecule has 0 rings (SSSR count). The Morgan fingerprint density at radius 2 is 1.07 bits per heavy atom. The van der Waals surface area contributed by atoms with Crippen LogP contribution in [0.5, 0.6) is 0 Å². The zero-order valence-electron chi connectivity index (χ0n) is 19.9. The Morgan fingerprint density at radius 1 is 0.700 bits per heavy atom. The second-order valence-electron chi connectivity index (χ2n) is 8.32. The molecule has 30 heavy (non-hydrogen) atoms. The Morgan fingerprint density at radius 3 is 1.43 bits per heavy atom. The van der Waals surface area contributed by atoms with E-state index in [1.807, 2.05) is 0 Å². The van der Waals surface area contributed by atoms with E-state index in [-0.39, 0.29) is 76.0 Å². The van der Waals surface area contributed by atoms with Crippen molar-refractivity contribution in [3.63, 3.8) is 0 Å². The molecule has 0 heterocycles. The van der Waals surface area contributed by atoms with Crippen LogP contribution in [0.25, 0.3) is 0 Å². The van der Waals surface area contributed by atoms with Crippen LogP contribution in [-0.4, -0.2) is 31.2 Å². The summed E-state index contributed by atoms with van der Waals surface area (Å²) in [6.45, 7) is 2.45. The molecule has 0 atom stereocenters. The Hall–Kier alpha value is 1.02. The molecular weight excluding hydrogens is 425 g/mol. The summed E-state index contributed by atoms with van der Waals surface area (Å²) in [7, 11) is -3.94. The summed E-state index contributed by atoms with van der Waals surface area (Å²) in [5, 5.41) is 11.5. The molecule has 0 bridgehead atoms. The quantitative estimate of drug-likeness (QED) is 0.0864. The predicted octanol–water partition coefficient (Wildman–Crippen LogP) is 3.07. The molecule has 0 spiro atoms. The Labute approximate surface area is 229 Å². The van der Waals surface area contributed by atoms with Crippen molar-refractivity contribution in [1.29, 1.82) is 0 Å². The fourth-order valence-corrected chi connectivity index (χ4v) is 4.02. The number of aliphatic imine (C=N–C) groups is 1. The molecule has 0 fully saturated rings. The van der Waals surface area contributed by atoms with Gasteiger partial charge in [0, 0.05) is 6.54 Å². The van der Waals surface area contributed by atoms with Crippen molar-refractivity contribution in [2.45, 2.75) is 129 Å². The van der Waals surface area contributed by atoms with Gasteiger partial charge < -0.3 is 10.1 Å². The first-order valence-electron chi connectivity index (χ1n) is 12.1. The van der Waals surface area contributed by atoms with Crippen molar-refractivity contribution in [3.05, 3.63) is 0 Å². The van der Waals surface area contributed by atoms with E-state index in [1.165, 1.54) is 96.3 Å². The van der Waals surface area contributed by atoms with E-state index in [4.69, 9.17) is 4.55 Å². The molecule has 0 aliphatic heterocycles. The van der Waals surface area contributed by atoms with Crippen LogP contribution >= 0.6 is 0 Å². The first kappa shape index (κ1) is 33.2. The normalized spacial score (nSPS) is 12.1. The number of hydrogen-bond acceptors (Lipinski definition) is 4. The zero-order chi connectivity index (χ0) is 21.6. The van der Waals surface area contributed by atoms with Crippen LogP contribution in [0.3, 0.4) is 0 Å². The van der Waals surface area contributed by atoms with E-state index in [9.17, 15) is 13.5 Å². The summed E-state index contributed by atoms with van der Waals surface area (Å²) in [6.07, 6.45) is 23.0. The Kier molecular flexibility index (Phi) is 27.3. The Balaban J connectivity index is 0. The standard InChI is InChI=1S/C23H47NO4S.K/c1-2-3-4-5-6-7-8-9-10-11-12-13-14-15-16-17-18-20-23(25)24-21-19-22-29(26,27)28;/h2-22H2,1H3,(H,24,25)(H,26,27,28);/q;+1/p-1. The van der Waals surface area contributed by atoms with Crippen LogP contribution in [0, 0.1) is 0 Å². The molecule has 0 saturated carbocycles. The van der Waals surface area contributed by atoms with Gasteiger partial charge in [0.2, 0.25) is 0 Å². The Bertz CT molecular complexity index is 484. The van der Waals surface area contributed by atoms with Gasteiger partial charge in [-0.15, -0.1) is 0 Å². The summed E-state index contributed by atoms with van der Waals surface area (Å²) in [5.74, 6) is -0.482. The third-order valence-corrected chi connectivity index (χ3v) is 6.15. The molecule has 174 valence electrons. The third-order valence-electron chi connectivity index (χ3n) is 5.34. The predicted molar refractivity (Wildman–Crippen MR) is 122 cm³/mol. The monoisotopic (exact) mass is 471 g/mol. The molecule has 5 nitrogen and oxygen atoms in total. The maximum atomic E-state index is 11.5. The molecule has 1 N–H and O–H groups in total. The van der Waals surface area contributed by atoms with Crippen molar-refractivity contribution in [3.8, 4) is 0 Å². The minimum absolute atomic E-state index is 0. The van der Waals surface area contributed by atoms with E-state index >= 15 is 0 Å². The van der Waals surface area contributed by atoms with Crippen LogP contribution in [0.2, 0.25) is 0 Å². The summed E-state index contributed by atoms with van der Waals surface area (Å²) in [6, 6.07) is 0. The topological polar surface area (TPSA) is 89.8 Å². The van der Waals surface area contributed by atoms with E-state index in [1.54, 1.807) is 0 Å². The van der Waals surface area contributed by atoms with Crippen LogP contribution in [0.1, 0.15) is 129 Å². The summed E-state index contributed by atoms with van der Waals surface area (Å²) in [5.41, 5.74) is 0. The fourth-order valence-electron chi connectivity index (χ4n) is 3.53. The van der Waals surface area contributed by atoms with Crippen LogP contribution < -0.4 is 56.5 Å². The van der Waals surface area contributed by atoms with Crippen molar-refractivity contribution in [2.24, 2.45) is 4.99 Å². The fraction of sp³-hybridized carbons (Fsp3) is 0.957. The van der Waals surface area contributed by atoms with E-state index in [2.05, 4.69) is 11.9 Å². The average molecular weight is 472 g/mol. The molecule has 0 radical (unpaired) electrons. The van der Waals surface area contributed by atoms with E-state index < -0.39 is 10.1 Å². The maximum absolute atomic E-state index is 11.5. The van der Waals surface area contributed by atoms with Crippen LogP contribution in [0.4, 0.5) is 0 Å². The molecule has 7 heteroatoms. The molecule has 0 saturated heterocycles. The summed E-state index contributed by atoms with van der Waals surface area (Å²) < 4.78 is 29.7. The van der Waals surface area contributed by atoms with E-state index in [0.29, 0.717) is 6.42 Å². The molecule has 0 aliphatic carbocycles. The zero-order valence-corrected chi connectivity index (χ0v) is 23.8. The van der Waals surface area contributed by atoms with Gasteiger partial charge in [-0.25, -0.2) is 0 Å². The van der Waals surface area contributed by atoms with Gasteiger partial charge >= 0.3 is 51.4 Å². The van der Waals surface area contributed by atoms with Gasteiger partial charge in [0.15, 0.2) is 0 Å². The smallest absolute Gasteiger partial charge is 0.862 e. The summed E-state index contributed by atoms with van der Waals surface area (Å²) >= 11 is 0. The molecule has 0 unspecified atom stereocenters. The first-order chi connectivity index (χ1) is 14.0. The average Bonchev–Trinajstić information content (AvgIpc) is 2.67. The minimum Gasteiger partial charge on any atom is -0.862 e. The number of rotatable bonds is 22. The largest absolute Gasteiger partial charge is 1.00 e. The van der Waals surface area contributed by atoms with Gasteiger partial charge in [-0.05, 0) is 25.2 Å². The number of unbranched alkanes of at least 4 members (excludes halogenated alkanes) is 16. The third kappa shape index (κ3) is 29.0. The van der Waals surface area contributed by atoms with Crippen molar-refractivity contribution >= 4 is 16.0 Å². The second-order valence-corrected chi connectivity index (χ2v) is 9.89. The van der Waals surface area contributed by atoms with Crippen molar-refractivity contribution < 1.29 is 69.5 Å². The minimum atomic E-state index is -3.94. The molecular formula is C23H46KNO4S. The molecule has 0 aromatic heterocycles. The number of nitrogens with zero attached hydrogens (tertiary/aromatic N) is 1. The molecule has 0 aliphatic rings. The van der Waals surface area contributed by atoms with E-state index in [0.717, 1.165) is 12.8 Å². The maximum Gasteiger partial charge on any atom is 1.00 e. The molecule has 0 aromatic rings. The van der Waals surface area contributed by atoms with Gasteiger partial charge in [0.25, 0.3) is 10.1 Å². The van der Waals surface area contributed by atoms with Crippen molar-refractivity contribution in [2.75, 3.05) is 12.3 Å². The van der Waals surface area contributed by atoms with Crippen LogP contribution in [-0.2, 0) is 10.1 Å². The van der Waals surface area contributed by atoms with Crippen molar-refractivity contribution in [1.82, 2.24) is 0 Å². The van der Waals surface area contributed by atoms with Gasteiger partial charge in [0.05, 0.1) is 5.75 Å². The second kappa shape index (κ2) is 24.7. The van der Waals surface area contributed by atoms with Gasteiger partial charge in [-0.3, -0.25) is 4.55 Å². The summed E-state index contributed by atoms with van der Waals surface area (Å²) in [4.78, 5) is 3.82. The molecule has 0 aromatic carbocycles.